The lowest BCUT2D eigenvalue weighted by atomic mass is 9.66. The second kappa shape index (κ2) is 10.3. The van der Waals surface area contributed by atoms with Crippen molar-refractivity contribution in [2.24, 2.45) is 17.8 Å². The molecule has 3 aliphatic rings. The number of carbonyl (C=O) groups excluding carboxylic acids is 2. The van der Waals surface area contributed by atoms with Crippen LogP contribution in [0, 0.1) is 17.8 Å². The summed E-state index contributed by atoms with van der Waals surface area (Å²) < 4.78 is -0.825. The van der Waals surface area contributed by atoms with E-state index in [-0.39, 0.29) is 29.6 Å². The van der Waals surface area contributed by atoms with E-state index in [0.29, 0.717) is 19.5 Å². The van der Waals surface area contributed by atoms with Gasteiger partial charge in [0.2, 0.25) is 11.8 Å². The maximum atomic E-state index is 14.3. The first-order valence-corrected chi connectivity index (χ1v) is 13.5. The van der Waals surface area contributed by atoms with Crippen molar-refractivity contribution in [2.45, 2.75) is 61.6 Å². The monoisotopic (exact) mass is 500 g/mol. The number of carboxylic acid groups (broad SMARTS) is 1. The molecule has 3 aliphatic heterocycles. The number of rotatable bonds is 11. The Morgan fingerprint density at radius 2 is 2.03 bits per heavy atom. The van der Waals surface area contributed by atoms with Crippen LogP contribution in [0.25, 0.3) is 0 Å². The SMILES string of the molecule is C=CCN(CCCCC)C(=O)C1N([C@H](CO)c2ccccc2)C(=O)[C@@H]2[C@@H](C(=O)O)[C@H]3CC(C)C12S3. The van der Waals surface area contributed by atoms with Gasteiger partial charge in [0.25, 0.3) is 0 Å². The lowest BCUT2D eigenvalue weighted by molar-refractivity contribution is -0.150. The summed E-state index contributed by atoms with van der Waals surface area (Å²) in [5.41, 5.74) is 0.734. The minimum Gasteiger partial charge on any atom is -0.481 e. The highest BCUT2D eigenvalue weighted by atomic mass is 32.2. The Bertz CT molecular complexity index is 972. The Labute approximate surface area is 211 Å². The zero-order chi connectivity index (χ0) is 25.3. The number of nitrogens with zero attached hydrogens (tertiary/aromatic N) is 2. The largest absolute Gasteiger partial charge is 0.481 e. The Kier molecular flexibility index (Phi) is 7.62. The van der Waals surface area contributed by atoms with Crippen molar-refractivity contribution < 1.29 is 24.6 Å². The second-order valence-electron chi connectivity index (χ2n) is 10.0. The molecule has 3 fully saturated rings. The summed E-state index contributed by atoms with van der Waals surface area (Å²) in [6.07, 6.45) is 5.21. The summed E-state index contributed by atoms with van der Waals surface area (Å²) in [6.45, 7) is 8.55. The molecule has 0 aromatic heterocycles. The molecule has 3 heterocycles. The number of carbonyl (C=O) groups is 3. The van der Waals surface area contributed by atoms with Crippen LogP contribution in [0.5, 0.6) is 0 Å². The third-order valence-electron chi connectivity index (χ3n) is 8.09. The van der Waals surface area contributed by atoms with Gasteiger partial charge in [-0.1, -0.05) is 63.1 Å². The van der Waals surface area contributed by atoms with Crippen molar-refractivity contribution in [3.63, 3.8) is 0 Å². The Balaban J connectivity index is 1.83. The van der Waals surface area contributed by atoms with Crippen LogP contribution in [0.3, 0.4) is 0 Å². The van der Waals surface area contributed by atoms with Crippen LogP contribution in [0.4, 0.5) is 0 Å². The molecule has 2 amide bonds. The summed E-state index contributed by atoms with van der Waals surface area (Å²) >= 11 is 1.53. The van der Waals surface area contributed by atoms with Gasteiger partial charge < -0.3 is 20.0 Å². The number of hydrogen-bond donors (Lipinski definition) is 2. The Hall–Kier alpha value is -2.32. The van der Waals surface area contributed by atoms with Gasteiger partial charge in [-0.25, -0.2) is 0 Å². The van der Waals surface area contributed by atoms with Gasteiger partial charge in [-0.05, 0) is 24.3 Å². The molecule has 3 unspecified atom stereocenters. The second-order valence-corrected chi connectivity index (χ2v) is 11.6. The summed E-state index contributed by atoms with van der Waals surface area (Å²) in [5.74, 6) is -3.09. The first kappa shape index (κ1) is 25.8. The number of amides is 2. The minimum atomic E-state index is -0.978. The highest BCUT2D eigenvalue weighted by Gasteiger charge is 2.77. The van der Waals surface area contributed by atoms with Crippen LogP contribution in [-0.4, -0.2) is 73.5 Å². The molecule has 35 heavy (non-hydrogen) atoms. The van der Waals surface area contributed by atoms with E-state index in [1.807, 2.05) is 37.3 Å². The van der Waals surface area contributed by atoms with Crippen LogP contribution in [-0.2, 0) is 14.4 Å². The van der Waals surface area contributed by atoms with Crippen LogP contribution in [0.1, 0.15) is 51.1 Å². The van der Waals surface area contributed by atoms with Crippen LogP contribution < -0.4 is 0 Å². The number of hydrogen-bond acceptors (Lipinski definition) is 5. The van der Waals surface area contributed by atoms with Crippen molar-refractivity contribution in [2.75, 3.05) is 19.7 Å². The molecular weight excluding hydrogens is 464 g/mol. The minimum absolute atomic E-state index is 0.00246. The summed E-state index contributed by atoms with van der Waals surface area (Å²) in [7, 11) is 0. The number of unbranched alkanes of at least 4 members (excludes halogenated alkanes) is 2. The third-order valence-corrected chi connectivity index (χ3v) is 10.2. The van der Waals surface area contributed by atoms with Crippen LogP contribution in [0.15, 0.2) is 43.0 Å². The van der Waals surface area contributed by atoms with E-state index in [1.165, 1.54) is 11.8 Å². The highest BCUT2D eigenvalue weighted by Crippen LogP contribution is 2.69. The van der Waals surface area contributed by atoms with Gasteiger partial charge in [-0.2, -0.15) is 0 Å². The van der Waals surface area contributed by atoms with Crippen molar-refractivity contribution >= 4 is 29.5 Å². The molecule has 0 radical (unpaired) electrons. The maximum absolute atomic E-state index is 14.3. The predicted molar refractivity (Wildman–Crippen MR) is 136 cm³/mol. The van der Waals surface area contributed by atoms with Crippen LogP contribution in [0.2, 0.25) is 0 Å². The summed E-state index contributed by atoms with van der Waals surface area (Å²) in [6, 6.07) is 7.66. The van der Waals surface area contributed by atoms with E-state index in [2.05, 4.69) is 13.5 Å². The molecule has 7 nitrogen and oxygen atoms in total. The lowest BCUT2D eigenvalue weighted by Crippen LogP contribution is -2.58. The van der Waals surface area contributed by atoms with E-state index < -0.39 is 34.6 Å². The normalized spacial score (nSPS) is 31.9. The number of carboxylic acids is 1. The molecular formula is C27H36N2O5S. The molecule has 1 aromatic rings. The van der Waals surface area contributed by atoms with E-state index in [0.717, 1.165) is 24.8 Å². The Morgan fingerprint density at radius 3 is 2.63 bits per heavy atom. The number of likely N-dealkylation sites (tertiary alicyclic amines) is 1. The number of thioether (sulfide) groups is 1. The summed E-state index contributed by atoms with van der Waals surface area (Å²) in [4.78, 5) is 44.1. The predicted octanol–water partition coefficient (Wildman–Crippen LogP) is 3.35. The molecule has 8 heteroatoms. The quantitative estimate of drug-likeness (QED) is 0.357. The molecule has 0 aliphatic carbocycles. The first-order valence-electron chi connectivity index (χ1n) is 12.6. The molecule has 2 N–H and O–H groups in total. The fraction of sp³-hybridized carbons (Fsp3) is 0.593. The zero-order valence-corrected chi connectivity index (χ0v) is 21.3. The van der Waals surface area contributed by atoms with E-state index in [9.17, 15) is 24.6 Å². The van der Waals surface area contributed by atoms with Gasteiger partial charge in [-0.3, -0.25) is 14.4 Å². The fourth-order valence-corrected chi connectivity index (χ4v) is 8.95. The number of benzene rings is 1. The van der Waals surface area contributed by atoms with Gasteiger partial charge in [0.15, 0.2) is 0 Å². The highest BCUT2D eigenvalue weighted by molar-refractivity contribution is 8.02. The van der Waals surface area contributed by atoms with Gasteiger partial charge in [0.1, 0.15) is 6.04 Å². The molecule has 3 saturated heterocycles. The molecule has 0 saturated carbocycles. The van der Waals surface area contributed by atoms with E-state index >= 15 is 0 Å². The van der Waals surface area contributed by atoms with Crippen molar-refractivity contribution in [3.8, 4) is 0 Å². The molecule has 7 atom stereocenters. The molecule has 190 valence electrons. The number of aliphatic hydroxyl groups excluding tert-OH is 1. The van der Waals surface area contributed by atoms with E-state index in [1.54, 1.807) is 15.9 Å². The average Bonchev–Trinajstić information content (AvgIpc) is 3.44. The standard InChI is InChI=1S/C27H36N2O5S/c1-4-6-10-14-28(13-5-2)25(32)23-27-17(3)15-20(35-27)21(26(33)34)22(27)24(31)29(23)19(16-30)18-11-8-7-9-12-18/h5,7-9,11-12,17,19-23,30H,2,4,6,10,13-16H2,1,3H3,(H,33,34)/t17?,19-,20-,21+,22+,23?,27?/m1/s1. The number of aliphatic hydroxyl groups is 1. The van der Waals surface area contributed by atoms with Gasteiger partial charge in [0.05, 0.1) is 29.2 Å². The molecule has 2 bridgehead atoms. The van der Waals surface area contributed by atoms with E-state index in [4.69, 9.17) is 0 Å². The fourth-order valence-electron chi connectivity index (χ4n) is 6.56. The number of fused-ring (bicyclic) bond motifs is 1. The maximum Gasteiger partial charge on any atom is 0.308 e. The Morgan fingerprint density at radius 1 is 1.31 bits per heavy atom. The van der Waals surface area contributed by atoms with Gasteiger partial charge in [-0.15, -0.1) is 18.3 Å². The topological polar surface area (TPSA) is 98.2 Å². The van der Waals surface area contributed by atoms with Gasteiger partial charge in [0, 0.05) is 18.3 Å². The van der Waals surface area contributed by atoms with Crippen molar-refractivity contribution in [3.05, 3.63) is 48.6 Å². The summed E-state index contributed by atoms with van der Waals surface area (Å²) in [5, 5.41) is 20.4. The van der Waals surface area contributed by atoms with Crippen molar-refractivity contribution in [1.82, 2.24) is 9.80 Å². The third kappa shape index (κ3) is 4.08. The zero-order valence-electron chi connectivity index (χ0n) is 20.5. The smallest absolute Gasteiger partial charge is 0.308 e. The number of aliphatic carboxylic acids is 1. The van der Waals surface area contributed by atoms with Crippen LogP contribution >= 0.6 is 11.8 Å². The molecule has 1 aromatic carbocycles. The van der Waals surface area contributed by atoms with Crippen molar-refractivity contribution in [1.29, 1.82) is 0 Å². The average molecular weight is 501 g/mol. The lowest BCUT2D eigenvalue weighted by Gasteiger charge is -2.42. The molecule has 1 spiro atoms. The van der Waals surface area contributed by atoms with Gasteiger partial charge >= 0.3 is 5.97 Å². The first-order chi connectivity index (χ1) is 16.8. The molecule has 4 rings (SSSR count).